The second kappa shape index (κ2) is 8.86. The summed E-state index contributed by atoms with van der Waals surface area (Å²) in [6, 6.07) is 27.6. The van der Waals surface area contributed by atoms with Crippen LogP contribution in [0.15, 0.2) is 84.9 Å². The van der Waals surface area contributed by atoms with Gasteiger partial charge in [-0.3, -0.25) is 4.79 Å². The van der Waals surface area contributed by atoms with E-state index in [2.05, 4.69) is 12.1 Å². The summed E-state index contributed by atoms with van der Waals surface area (Å²) in [4.78, 5) is 14.4. The smallest absolute Gasteiger partial charge is 0.253 e. The van der Waals surface area contributed by atoms with Crippen molar-refractivity contribution in [2.75, 3.05) is 13.6 Å². The third-order valence-electron chi connectivity index (χ3n) is 4.25. The van der Waals surface area contributed by atoms with Crippen LogP contribution in [0.5, 0.6) is 5.75 Å². The number of carbonyl (C=O) groups excluding carboxylic acids is 1. The Morgan fingerprint density at radius 2 is 1.50 bits per heavy atom. The molecule has 3 rings (SSSR count). The fourth-order valence-electron chi connectivity index (χ4n) is 2.72. The molecule has 0 heterocycles. The third kappa shape index (κ3) is 4.96. The van der Waals surface area contributed by atoms with Gasteiger partial charge in [0.05, 0.1) is 0 Å². The molecule has 1 amide bonds. The number of rotatable bonds is 7. The Labute approximate surface area is 154 Å². The Morgan fingerprint density at radius 3 is 2.19 bits per heavy atom. The van der Waals surface area contributed by atoms with Crippen molar-refractivity contribution < 1.29 is 9.53 Å². The van der Waals surface area contributed by atoms with Crippen molar-refractivity contribution >= 4 is 5.91 Å². The van der Waals surface area contributed by atoms with Gasteiger partial charge >= 0.3 is 0 Å². The number of likely N-dealkylation sites (N-methyl/N-ethyl adjacent to an activating group) is 1. The minimum absolute atomic E-state index is 0.00564. The van der Waals surface area contributed by atoms with Crippen molar-refractivity contribution in [3.63, 3.8) is 0 Å². The highest BCUT2D eigenvalue weighted by molar-refractivity contribution is 5.94. The van der Waals surface area contributed by atoms with E-state index in [9.17, 15) is 4.79 Å². The van der Waals surface area contributed by atoms with Gasteiger partial charge in [-0.2, -0.15) is 0 Å². The van der Waals surface area contributed by atoms with Crippen LogP contribution < -0.4 is 4.74 Å². The number of ether oxygens (including phenoxy) is 1. The summed E-state index contributed by atoms with van der Waals surface area (Å²) in [5, 5.41) is 0. The summed E-state index contributed by atoms with van der Waals surface area (Å²) in [5.41, 5.74) is 2.97. The Hall–Kier alpha value is -3.07. The lowest BCUT2D eigenvalue weighted by atomic mass is 10.1. The SMILES string of the molecule is CN(CCc1ccccc1)C(=O)c1cccc(OCc2ccccc2)c1. The number of nitrogens with zero attached hydrogens (tertiary/aromatic N) is 1. The van der Waals surface area contributed by atoms with E-state index < -0.39 is 0 Å². The summed E-state index contributed by atoms with van der Waals surface area (Å²) in [6.07, 6.45) is 0.841. The fourth-order valence-corrected chi connectivity index (χ4v) is 2.72. The van der Waals surface area contributed by atoms with E-state index in [1.165, 1.54) is 5.56 Å². The summed E-state index contributed by atoms with van der Waals surface area (Å²) >= 11 is 0. The third-order valence-corrected chi connectivity index (χ3v) is 4.25. The van der Waals surface area contributed by atoms with Gasteiger partial charge in [0, 0.05) is 19.2 Å². The van der Waals surface area contributed by atoms with E-state index >= 15 is 0 Å². The van der Waals surface area contributed by atoms with Crippen LogP contribution in [-0.4, -0.2) is 24.4 Å². The van der Waals surface area contributed by atoms with E-state index in [-0.39, 0.29) is 5.91 Å². The van der Waals surface area contributed by atoms with Gasteiger partial charge < -0.3 is 9.64 Å². The van der Waals surface area contributed by atoms with Gasteiger partial charge in [-0.15, -0.1) is 0 Å². The second-order valence-electron chi connectivity index (χ2n) is 6.26. The molecule has 0 aliphatic rings. The van der Waals surface area contributed by atoms with Gasteiger partial charge in [0.25, 0.3) is 5.91 Å². The molecule has 0 N–H and O–H groups in total. The molecule has 0 aromatic heterocycles. The largest absolute Gasteiger partial charge is 0.489 e. The molecule has 3 nitrogen and oxygen atoms in total. The van der Waals surface area contributed by atoms with Crippen LogP contribution in [0.4, 0.5) is 0 Å². The molecule has 0 radical (unpaired) electrons. The van der Waals surface area contributed by atoms with Crippen molar-refractivity contribution in [3.8, 4) is 5.75 Å². The highest BCUT2D eigenvalue weighted by atomic mass is 16.5. The highest BCUT2D eigenvalue weighted by Gasteiger charge is 2.12. The molecule has 3 aromatic rings. The van der Waals surface area contributed by atoms with Gasteiger partial charge in [-0.05, 0) is 35.7 Å². The molecule has 0 unspecified atom stereocenters. The predicted molar refractivity (Wildman–Crippen MR) is 104 cm³/mol. The van der Waals surface area contributed by atoms with Crippen LogP contribution in [0.1, 0.15) is 21.5 Å². The maximum Gasteiger partial charge on any atom is 0.253 e. The monoisotopic (exact) mass is 345 g/mol. The van der Waals surface area contributed by atoms with E-state index in [1.54, 1.807) is 4.90 Å². The minimum atomic E-state index is 0.00564. The molecule has 26 heavy (non-hydrogen) atoms. The van der Waals surface area contributed by atoms with Crippen LogP contribution in [0.25, 0.3) is 0 Å². The molecule has 0 aliphatic heterocycles. The Bertz CT molecular complexity index is 831. The molecular formula is C23H23NO2. The first kappa shape index (κ1) is 17.7. The van der Waals surface area contributed by atoms with E-state index in [4.69, 9.17) is 4.74 Å². The molecule has 0 saturated heterocycles. The number of amides is 1. The molecule has 3 heteroatoms. The maximum absolute atomic E-state index is 12.7. The van der Waals surface area contributed by atoms with Crippen LogP contribution in [0, 0.1) is 0 Å². The average molecular weight is 345 g/mol. The van der Waals surface area contributed by atoms with Crippen molar-refractivity contribution in [3.05, 3.63) is 102 Å². The van der Waals surface area contributed by atoms with Crippen molar-refractivity contribution in [2.24, 2.45) is 0 Å². The summed E-state index contributed by atoms with van der Waals surface area (Å²) < 4.78 is 5.82. The summed E-state index contributed by atoms with van der Waals surface area (Å²) in [7, 11) is 1.84. The number of hydrogen-bond acceptors (Lipinski definition) is 2. The van der Waals surface area contributed by atoms with Crippen LogP contribution in [-0.2, 0) is 13.0 Å². The first-order chi connectivity index (χ1) is 12.7. The van der Waals surface area contributed by atoms with Crippen LogP contribution >= 0.6 is 0 Å². The van der Waals surface area contributed by atoms with E-state index in [0.717, 1.165) is 12.0 Å². The van der Waals surface area contributed by atoms with E-state index in [0.29, 0.717) is 24.5 Å². The lowest BCUT2D eigenvalue weighted by Crippen LogP contribution is -2.28. The first-order valence-electron chi connectivity index (χ1n) is 8.78. The molecule has 0 fully saturated rings. The number of carbonyl (C=O) groups is 1. The van der Waals surface area contributed by atoms with Crippen molar-refractivity contribution in [1.29, 1.82) is 0 Å². The zero-order valence-electron chi connectivity index (χ0n) is 15.0. The zero-order chi connectivity index (χ0) is 18.2. The molecule has 0 bridgehead atoms. The predicted octanol–water partition coefficient (Wildman–Crippen LogP) is 4.58. The van der Waals surface area contributed by atoms with Gasteiger partial charge in [-0.1, -0.05) is 66.7 Å². The summed E-state index contributed by atoms with van der Waals surface area (Å²) in [6.45, 7) is 1.17. The minimum Gasteiger partial charge on any atom is -0.489 e. The first-order valence-corrected chi connectivity index (χ1v) is 8.78. The quantitative estimate of drug-likeness (QED) is 0.627. The normalized spacial score (nSPS) is 10.3. The van der Waals surface area contributed by atoms with Crippen LogP contribution in [0.2, 0.25) is 0 Å². The molecule has 3 aromatic carbocycles. The molecule has 0 spiro atoms. The molecule has 0 saturated carbocycles. The van der Waals surface area contributed by atoms with Crippen molar-refractivity contribution in [1.82, 2.24) is 4.90 Å². The lowest BCUT2D eigenvalue weighted by molar-refractivity contribution is 0.0796. The second-order valence-corrected chi connectivity index (χ2v) is 6.26. The van der Waals surface area contributed by atoms with Crippen molar-refractivity contribution in [2.45, 2.75) is 13.0 Å². The Balaban J connectivity index is 1.58. The zero-order valence-corrected chi connectivity index (χ0v) is 15.0. The fraction of sp³-hybridized carbons (Fsp3) is 0.174. The highest BCUT2D eigenvalue weighted by Crippen LogP contribution is 2.16. The number of hydrogen-bond donors (Lipinski definition) is 0. The standard InChI is InChI=1S/C23H23NO2/c1-24(16-15-19-9-4-2-5-10-19)23(25)21-13-8-14-22(17-21)26-18-20-11-6-3-7-12-20/h2-14,17H,15-16,18H2,1H3. The Morgan fingerprint density at radius 1 is 0.846 bits per heavy atom. The number of benzene rings is 3. The Kier molecular flexibility index (Phi) is 6.05. The average Bonchev–Trinajstić information content (AvgIpc) is 2.71. The maximum atomic E-state index is 12.7. The summed E-state index contributed by atoms with van der Waals surface area (Å²) in [5.74, 6) is 0.710. The molecular weight excluding hydrogens is 322 g/mol. The molecule has 0 atom stereocenters. The van der Waals surface area contributed by atoms with Crippen LogP contribution in [0.3, 0.4) is 0 Å². The van der Waals surface area contributed by atoms with Gasteiger partial charge in [0.15, 0.2) is 0 Å². The molecule has 0 aliphatic carbocycles. The van der Waals surface area contributed by atoms with Gasteiger partial charge in [0.2, 0.25) is 0 Å². The molecule has 132 valence electrons. The van der Waals surface area contributed by atoms with Gasteiger partial charge in [0.1, 0.15) is 12.4 Å². The lowest BCUT2D eigenvalue weighted by Gasteiger charge is -2.18. The topological polar surface area (TPSA) is 29.5 Å². The van der Waals surface area contributed by atoms with E-state index in [1.807, 2.05) is 79.8 Å². The van der Waals surface area contributed by atoms with Gasteiger partial charge in [-0.25, -0.2) is 0 Å².